The van der Waals surface area contributed by atoms with Gasteiger partial charge < -0.3 is 10.1 Å². The lowest BCUT2D eigenvalue weighted by atomic mass is 9.87. The summed E-state index contributed by atoms with van der Waals surface area (Å²) in [5, 5.41) is 3.82. The molecule has 0 saturated heterocycles. The van der Waals surface area contributed by atoms with Gasteiger partial charge in [0.1, 0.15) is 11.4 Å². The second kappa shape index (κ2) is 5.77. The molecule has 1 fully saturated rings. The Labute approximate surface area is 122 Å². The SMILES string of the molecule is CC1(C)CC(NCC2CCCCC2)c2ccccc2O1. The number of ether oxygens (including phenoxy) is 1. The van der Waals surface area contributed by atoms with Gasteiger partial charge in [0.25, 0.3) is 0 Å². The lowest BCUT2D eigenvalue weighted by Crippen LogP contribution is -2.40. The second-order valence-corrected chi connectivity index (χ2v) is 7.07. The van der Waals surface area contributed by atoms with E-state index in [0.717, 1.165) is 24.6 Å². The fourth-order valence-corrected chi connectivity index (χ4v) is 3.68. The fraction of sp³-hybridized carbons (Fsp3) is 0.667. The quantitative estimate of drug-likeness (QED) is 0.878. The Bertz CT molecular complexity index is 448. The molecule has 2 nitrogen and oxygen atoms in total. The molecule has 0 spiro atoms. The van der Waals surface area contributed by atoms with Crippen molar-refractivity contribution in [2.45, 2.75) is 64.0 Å². The molecule has 1 aromatic carbocycles. The molecular weight excluding hydrogens is 246 g/mol. The predicted octanol–water partition coefficient (Wildman–Crippen LogP) is 4.46. The lowest BCUT2D eigenvalue weighted by Gasteiger charge is -2.38. The zero-order valence-corrected chi connectivity index (χ0v) is 12.8. The average molecular weight is 273 g/mol. The molecule has 0 amide bonds. The number of hydrogen-bond acceptors (Lipinski definition) is 2. The molecule has 1 atom stereocenters. The van der Waals surface area contributed by atoms with Gasteiger partial charge in [-0.15, -0.1) is 0 Å². The monoisotopic (exact) mass is 273 g/mol. The smallest absolute Gasteiger partial charge is 0.124 e. The Morgan fingerprint density at radius 1 is 1.15 bits per heavy atom. The van der Waals surface area contributed by atoms with Crippen molar-refractivity contribution in [3.63, 3.8) is 0 Å². The first kappa shape index (κ1) is 13.9. The largest absolute Gasteiger partial charge is 0.487 e. The molecule has 20 heavy (non-hydrogen) atoms. The van der Waals surface area contributed by atoms with Crippen LogP contribution in [-0.2, 0) is 0 Å². The molecule has 1 aliphatic carbocycles. The zero-order chi connectivity index (χ0) is 14.0. The van der Waals surface area contributed by atoms with Crippen LogP contribution in [0.2, 0.25) is 0 Å². The minimum Gasteiger partial charge on any atom is -0.487 e. The molecule has 1 aromatic rings. The normalized spacial score (nSPS) is 25.8. The van der Waals surface area contributed by atoms with E-state index in [1.54, 1.807) is 0 Å². The van der Waals surface area contributed by atoms with Crippen LogP contribution in [0.3, 0.4) is 0 Å². The van der Waals surface area contributed by atoms with Gasteiger partial charge in [-0.25, -0.2) is 0 Å². The van der Waals surface area contributed by atoms with E-state index in [9.17, 15) is 0 Å². The number of fused-ring (bicyclic) bond motifs is 1. The summed E-state index contributed by atoms with van der Waals surface area (Å²) in [4.78, 5) is 0. The van der Waals surface area contributed by atoms with Crippen molar-refractivity contribution in [2.24, 2.45) is 5.92 Å². The molecule has 1 heterocycles. The fourth-order valence-electron chi connectivity index (χ4n) is 3.68. The summed E-state index contributed by atoms with van der Waals surface area (Å²) in [5.74, 6) is 1.94. The Balaban J connectivity index is 1.68. The maximum atomic E-state index is 6.10. The van der Waals surface area contributed by atoms with Crippen LogP contribution in [0.25, 0.3) is 0 Å². The van der Waals surface area contributed by atoms with Crippen LogP contribution in [0, 0.1) is 5.92 Å². The summed E-state index contributed by atoms with van der Waals surface area (Å²) in [6, 6.07) is 8.94. The molecule has 1 aliphatic heterocycles. The highest BCUT2D eigenvalue weighted by Gasteiger charge is 2.33. The second-order valence-electron chi connectivity index (χ2n) is 7.07. The minimum absolute atomic E-state index is 0.0708. The molecule has 2 heteroatoms. The van der Waals surface area contributed by atoms with E-state index in [2.05, 4.69) is 43.4 Å². The van der Waals surface area contributed by atoms with Crippen LogP contribution >= 0.6 is 0 Å². The van der Waals surface area contributed by atoms with Crippen LogP contribution in [0.15, 0.2) is 24.3 Å². The van der Waals surface area contributed by atoms with Crippen molar-refractivity contribution in [1.82, 2.24) is 5.32 Å². The predicted molar refractivity (Wildman–Crippen MR) is 83.1 cm³/mol. The highest BCUT2D eigenvalue weighted by atomic mass is 16.5. The number of rotatable bonds is 3. The van der Waals surface area contributed by atoms with Crippen molar-refractivity contribution in [1.29, 1.82) is 0 Å². The zero-order valence-electron chi connectivity index (χ0n) is 12.8. The summed E-state index contributed by atoms with van der Waals surface area (Å²) in [6.45, 7) is 5.55. The van der Waals surface area contributed by atoms with Gasteiger partial charge in [-0.1, -0.05) is 37.5 Å². The molecule has 1 N–H and O–H groups in total. The third-order valence-corrected chi connectivity index (χ3v) is 4.75. The van der Waals surface area contributed by atoms with Crippen molar-refractivity contribution in [2.75, 3.05) is 6.54 Å². The number of hydrogen-bond donors (Lipinski definition) is 1. The van der Waals surface area contributed by atoms with E-state index in [-0.39, 0.29) is 5.60 Å². The molecule has 0 bridgehead atoms. The lowest BCUT2D eigenvalue weighted by molar-refractivity contribution is 0.0648. The van der Waals surface area contributed by atoms with Crippen LogP contribution in [0.4, 0.5) is 0 Å². The third-order valence-electron chi connectivity index (χ3n) is 4.75. The van der Waals surface area contributed by atoms with Gasteiger partial charge in [-0.3, -0.25) is 0 Å². The summed E-state index contributed by atoms with van der Waals surface area (Å²) in [6.07, 6.45) is 8.13. The van der Waals surface area contributed by atoms with Gasteiger partial charge in [-0.05, 0) is 45.2 Å². The van der Waals surface area contributed by atoms with Gasteiger partial charge in [0, 0.05) is 18.0 Å². The first-order valence-electron chi connectivity index (χ1n) is 8.15. The summed E-state index contributed by atoms with van der Waals surface area (Å²) in [5.41, 5.74) is 1.26. The third kappa shape index (κ3) is 3.17. The number of benzene rings is 1. The first-order valence-corrected chi connectivity index (χ1v) is 8.15. The van der Waals surface area contributed by atoms with Crippen LogP contribution in [0.5, 0.6) is 5.75 Å². The Kier molecular flexibility index (Phi) is 4.02. The Morgan fingerprint density at radius 2 is 1.90 bits per heavy atom. The molecule has 0 radical (unpaired) electrons. The standard InChI is InChI=1S/C18H27NO/c1-18(2)12-16(15-10-6-7-11-17(15)20-18)19-13-14-8-4-3-5-9-14/h6-7,10-11,14,16,19H,3-5,8-9,12-13H2,1-2H3. The van der Waals surface area contributed by atoms with E-state index in [0.29, 0.717) is 6.04 Å². The van der Waals surface area contributed by atoms with Crippen molar-refractivity contribution < 1.29 is 4.74 Å². The summed E-state index contributed by atoms with van der Waals surface area (Å²) < 4.78 is 6.10. The van der Waals surface area contributed by atoms with Crippen molar-refractivity contribution in [3.05, 3.63) is 29.8 Å². The van der Waals surface area contributed by atoms with Crippen LogP contribution in [-0.4, -0.2) is 12.1 Å². The maximum Gasteiger partial charge on any atom is 0.124 e. The molecule has 1 saturated carbocycles. The molecule has 110 valence electrons. The van der Waals surface area contributed by atoms with Gasteiger partial charge in [0.05, 0.1) is 0 Å². The summed E-state index contributed by atoms with van der Waals surface area (Å²) in [7, 11) is 0. The number of para-hydroxylation sites is 1. The highest BCUT2D eigenvalue weighted by molar-refractivity contribution is 5.38. The molecule has 2 aliphatic rings. The van der Waals surface area contributed by atoms with Crippen LogP contribution < -0.4 is 10.1 Å². The Morgan fingerprint density at radius 3 is 2.70 bits per heavy atom. The maximum absolute atomic E-state index is 6.10. The highest BCUT2D eigenvalue weighted by Crippen LogP contribution is 2.39. The van der Waals surface area contributed by atoms with Crippen molar-refractivity contribution in [3.8, 4) is 5.75 Å². The van der Waals surface area contributed by atoms with Gasteiger partial charge >= 0.3 is 0 Å². The molecule has 0 aromatic heterocycles. The summed E-state index contributed by atoms with van der Waals surface area (Å²) >= 11 is 0. The Hall–Kier alpha value is -1.02. The molecule has 1 unspecified atom stereocenters. The van der Waals surface area contributed by atoms with Gasteiger partial charge in [-0.2, -0.15) is 0 Å². The van der Waals surface area contributed by atoms with E-state index in [1.165, 1.54) is 37.7 Å². The molecule has 3 rings (SSSR count). The van der Waals surface area contributed by atoms with Gasteiger partial charge in [0.15, 0.2) is 0 Å². The van der Waals surface area contributed by atoms with E-state index in [1.807, 2.05) is 0 Å². The first-order chi connectivity index (χ1) is 9.64. The van der Waals surface area contributed by atoms with E-state index < -0.39 is 0 Å². The number of nitrogens with one attached hydrogen (secondary N) is 1. The average Bonchev–Trinajstić information content (AvgIpc) is 2.45. The van der Waals surface area contributed by atoms with Crippen molar-refractivity contribution >= 4 is 0 Å². The van der Waals surface area contributed by atoms with E-state index in [4.69, 9.17) is 4.74 Å². The van der Waals surface area contributed by atoms with E-state index >= 15 is 0 Å². The molecular formula is C18H27NO. The van der Waals surface area contributed by atoms with Crippen LogP contribution in [0.1, 0.15) is 64.0 Å². The van der Waals surface area contributed by atoms with Gasteiger partial charge in [0.2, 0.25) is 0 Å². The minimum atomic E-state index is -0.0708. The topological polar surface area (TPSA) is 21.3 Å².